The molecule has 1 N–H and O–H groups in total. The third kappa shape index (κ3) is 6.70. The number of carboxylic acid groups (broad SMARTS) is 1. The van der Waals surface area contributed by atoms with Gasteiger partial charge in [-0.25, -0.2) is 14.3 Å². The molecule has 0 unspecified atom stereocenters. The van der Waals surface area contributed by atoms with Gasteiger partial charge < -0.3 is 14.6 Å². The van der Waals surface area contributed by atoms with Crippen molar-refractivity contribution < 1.29 is 19.4 Å². The molecule has 0 aliphatic rings. The smallest absolute Gasteiger partial charge is 0.347 e. The molecule has 0 amide bonds. The average molecular weight is 434 g/mol. The molecule has 1 heterocycles. The van der Waals surface area contributed by atoms with Crippen LogP contribution in [0.1, 0.15) is 58.4 Å². The highest BCUT2D eigenvalue weighted by Crippen LogP contribution is 2.19. The van der Waals surface area contributed by atoms with Gasteiger partial charge in [0, 0.05) is 13.6 Å². The molecule has 0 saturated carbocycles. The highest BCUT2D eigenvalue weighted by molar-refractivity contribution is 5.76. The van der Waals surface area contributed by atoms with Gasteiger partial charge in [0.25, 0.3) is 5.88 Å². The number of hydrogen-bond donors (Lipinski definition) is 1. The van der Waals surface area contributed by atoms with Gasteiger partial charge in [-0.15, -0.1) is 5.10 Å². The van der Waals surface area contributed by atoms with Crippen molar-refractivity contribution in [2.45, 2.75) is 71.6 Å². The van der Waals surface area contributed by atoms with Crippen LogP contribution in [0.15, 0.2) is 33.9 Å². The molecular weight excluding hydrogens is 402 g/mol. The van der Waals surface area contributed by atoms with Gasteiger partial charge in [0.2, 0.25) is 0 Å². The van der Waals surface area contributed by atoms with Crippen molar-refractivity contribution >= 4 is 5.97 Å². The second-order valence-electron chi connectivity index (χ2n) is 7.93. The van der Waals surface area contributed by atoms with Crippen LogP contribution < -0.4 is 20.7 Å². The Morgan fingerprint density at radius 3 is 2.35 bits per heavy atom. The average Bonchev–Trinajstić information content (AvgIpc) is 2.72. The number of rotatable bonds is 12. The summed E-state index contributed by atoms with van der Waals surface area (Å²) in [4.78, 5) is 36.1. The van der Waals surface area contributed by atoms with E-state index in [9.17, 15) is 14.4 Å². The molecule has 0 radical (unpaired) electrons. The van der Waals surface area contributed by atoms with Gasteiger partial charge in [-0.3, -0.25) is 9.36 Å². The summed E-state index contributed by atoms with van der Waals surface area (Å²) in [5.41, 5.74) is -1.61. The second-order valence-corrected chi connectivity index (χ2v) is 7.93. The van der Waals surface area contributed by atoms with Crippen LogP contribution >= 0.6 is 0 Å². The first-order valence-corrected chi connectivity index (χ1v) is 10.5. The van der Waals surface area contributed by atoms with Crippen molar-refractivity contribution in [2.75, 3.05) is 0 Å². The molecule has 9 heteroatoms. The van der Waals surface area contributed by atoms with E-state index < -0.39 is 22.8 Å². The number of aliphatic carboxylic acids is 1. The molecule has 2 aromatic rings. The van der Waals surface area contributed by atoms with Crippen molar-refractivity contribution in [1.29, 1.82) is 0 Å². The standard InChI is InChI=1S/C22H31N3O6/c1-5-6-7-8-9-14-25-19(26)18(23-24(4)21(25)29)30-15-16-10-12-17(13-11-16)31-22(2,3)20(27)28/h10-13H,5-9,14-15H2,1-4H3,(H,27,28). The molecule has 0 aliphatic carbocycles. The van der Waals surface area contributed by atoms with Gasteiger partial charge >= 0.3 is 17.2 Å². The first-order valence-electron chi connectivity index (χ1n) is 10.5. The van der Waals surface area contributed by atoms with Crippen molar-refractivity contribution in [2.24, 2.45) is 7.05 Å². The molecule has 170 valence electrons. The number of benzene rings is 1. The maximum Gasteiger partial charge on any atom is 0.347 e. The molecule has 0 aliphatic heterocycles. The van der Waals surface area contributed by atoms with Crippen molar-refractivity contribution in [3.05, 3.63) is 50.7 Å². The van der Waals surface area contributed by atoms with E-state index in [1.807, 2.05) is 0 Å². The van der Waals surface area contributed by atoms with Crippen molar-refractivity contribution in [1.82, 2.24) is 14.3 Å². The third-order valence-corrected chi connectivity index (χ3v) is 4.85. The number of carbonyl (C=O) groups is 1. The van der Waals surface area contributed by atoms with Crippen LogP contribution in [0.2, 0.25) is 0 Å². The Morgan fingerprint density at radius 2 is 1.74 bits per heavy atom. The van der Waals surface area contributed by atoms with Gasteiger partial charge in [0.1, 0.15) is 12.4 Å². The first-order chi connectivity index (χ1) is 14.7. The zero-order valence-electron chi connectivity index (χ0n) is 18.6. The maximum atomic E-state index is 12.6. The fourth-order valence-electron chi connectivity index (χ4n) is 2.90. The molecule has 0 spiro atoms. The molecule has 1 aromatic heterocycles. The lowest BCUT2D eigenvalue weighted by Crippen LogP contribution is -2.41. The summed E-state index contributed by atoms with van der Waals surface area (Å²) in [7, 11) is 1.48. The van der Waals surface area contributed by atoms with Crippen LogP contribution in [0.4, 0.5) is 0 Å². The Balaban J connectivity index is 2.05. The summed E-state index contributed by atoms with van der Waals surface area (Å²) in [5.74, 6) is -0.799. The van der Waals surface area contributed by atoms with Gasteiger partial charge in [-0.1, -0.05) is 44.7 Å². The molecule has 1 aromatic carbocycles. The Morgan fingerprint density at radius 1 is 1.10 bits per heavy atom. The Bertz CT molecular complexity index is 992. The van der Waals surface area contributed by atoms with E-state index >= 15 is 0 Å². The SMILES string of the molecule is CCCCCCCn1c(=O)c(OCc2ccc(OC(C)(C)C(=O)O)cc2)nn(C)c1=O. The van der Waals surface area contributed by atoms with E-state index in [4.69, 9.17) is 14.6 Å². The van der Waals surface area contributed by atoms with Gasteiger partial charge in [0.05, 0.1) is 0 Å². The Labute approximate surface area is 181 Å². The summed E-state index contributed by atoms with van der Waals surface area (Å²) in [6, 6.07) is 6.68. The number of hydrogen-bond acceptors (Lipinski definition) is 6. The maximum absolute atomic E-state index is 12.6. The van der Waals surface area contributed by atoms with Gasteiger partial charge in [-0.05, 0) is 38.0 Å². The monoisotopic (exact) mass is 433 g/mol. The van der Waals surface area contributed by atoms with E-state index in [0.717, 1.165) is 42.3 Å². The van der Waals surface area contributed by atoms with Crippen LogP contribution in [0.5, 0.6) is 11.6 Å². The minimum absolute atomic E-state index is 0.0690. The van der Waals surface area contributed by atoms with E-state index in [1.54, 1.807) is 24.3 Å². The van der Waals surface area contributed by atoms with Gasteiger partial charge in [-0.2, -0.15) is 0 Å². The lowest BCUT2D eigenvalue weighted by molar-refractivity contribution is -0.152. The van der Waals surface area contributed by atoms with E-state index in [0.29, 0.717) is 12.3 Å². The third-order valence-electron chi connectivity index (χ3n) is 4.85. The zero-order valence-corrected chi connectivity index (χ0v) is 18.6. The lowest BCUT2D eigenvalue weighted by atomic mass is 10.1. The molecule has 9 nitrogen and oxygen atoms in total. The van der Waals surface area contributed by atoms with E-state index in [2.05, 4.69) is 12.0 Å². The Kier molecular flexibility index (Phi) is 8.41. The number of nitrogens with zero attached hydrogens (tertiary/aromatic N) is 3. The molecule has 0 fully saturated rings. The summed E-state index contributed by atoms with van der Waals surface area (Å²) in [5, 5.41) is 13.1. The van der Waals surface area contributed by atoms with Crippen LogP contribution in [-0.4, -0.2) is 31.0 Å². The largest absolute Gasteiger partial charge is 0.478 e. The molecule has 31 heavy (non-hydrogen) atoms. The van der Waals surface area contributed by atoms with Crippen LogP contribution in [0.25, 0.3) is 0 Å². The van der Waals surface area contributed by atoms with Crippen LogP contribution in [0.3, 0.4) is 0 Å². The number of carboxylic acids is 1. The normalized spacial score (nSPS) is 11.4. The number of aryl methyl sites for hydroxylation is 1. The zero-order chi connectivity index (χ0) is 23.0. The summed E-state index contributed by atoms with van der Waals surface area (Å²) in [6.45, 7) is 5.46. The van der Waals surface area contributed by atoms with Gasteiger partial charge in [0.15, 0.2) is 5.60 Å². The minimum Gasteiger partial charge on any atom is -0.478 e. The fourth-order valence-corrected chi connectivity index (χ4v) is 2.90. The predicted molar refractivity (Wildman–Crippen MR) is 116 cm³/mol. The van der Waals surface area contributed by atoms with E-state index in [1.165, 1.54) is 25.5 Å². The van der Waals surface area contributed by atoms with Crippen molar-refractivity contribution in [3.8, 4) is 11.6 Å². The summed E-state index contributed by atoms with van der Waals surface area (Å²) in [6.07, 6.45) is 5.03. The molecular formula is C22H31N3O6. The topological polar surface area (TPSA) is 113 Å². The number of unbranched alkanes of at least 4 members (excludes halogenated alkanes) is 4. The molecule has 0 atom stereocenters. The minimum atomic E-state index is -1.35. The quantitative estimate of drug-likeness (QED) is 0.512. The highest BCUT2D eigenvalue weighted by Gasteiger charge is 2.29. The van der Waals surface area contributed by atoms with E-state index in [-0.39, 0.29) is 12.5 Å². The lowest BCUT2D eigenvalue weighted by Gasteiger charge is -2.21. The van der Waals surface area contributed by atoms with Crippen LogP contribution in [-0.2, 0) is 25.0 Å². The molecule has 0 saturated heterocycles. The number of aromatic nitrogens is 3. The first kappa shape index (κ1) is 24.2. The number of ether oxygens (including phenoxy) is 2. The highest BCUT2D eigenvalue weighted by atomic mass is 16.5. The molecule has 2 rings (SSSR count). The predicted octanol–water partition coefficient (Wildman–Crippen LogP) is 2.73. The molecule has 0 bridgehead atoms. The second kappa shape index (κ2) is 10.8. The summed E-state index contributed by atoms with van der Waals surface area (Å²) < 4.78 is 13.3. The summed E-state index contributed by atoms with van der Waals surface area (Å²) >= 11 is 0. The fraction of sp³-hybridized carbons (Fsp3) is 0.545. The van der Waals surface area contributed by atoms with Crippen molar-refractivity contribution in [3.63, 3.8) is 0 Å². The Hall–Kier alpha value is -3.10. The van der Waals surface area contributed by atoms with Crippen LogP contribution in [0, 0.1) is 0 Å².